The van der Waals surface area contributed by atoms with Crippen molar-refractivity contribution >= 4 is 5.97 Å². The van der Waals surface area contributed by atoms with Crippen LogP contribution in [0.1, 0.15) is 43.2 Å². The molecule has 0 bridgehead atoms. The second-order valence-electron chi connectivity index (χ2n) is 7.20. The quantitative estimate of drug-likeness (QED) is 0.681. The van der Waals surface area contributed by atoms with Gasteiger partial charge in [0.1, 0.15) is 11.9 Å². The van der Waals surface area contributed by atoms with Crippen molar-refractivity contribution in [3.8, 4) is 5.75 Å². The van der Waals surface area contributed by atoms with E-state index in [1.807, 2.05) is 6.07 Å². The summed E-state index contributed by atoms with van der Waals surface area (Å²) < 4.78 is 5.76. The van der Waals surface area contributed by atoms with Crippen LogP contribution in [0.4, 0.5) is 0 Å². The summed E-state index contributed by atoms with van der Waals surface area (Å²) in [5.74, 6) is -0.575. The molecule has 0 radical (unpaired) electrons. The predicted molar refractivity (Wildman–Crippen MR) is 103 cm³/mol. The first-order chi connectivity index (χ1) is 13.1. The lowest BCUT2D eigenvalue weighted by atomic mass is 9.84. The van der Waals surface area contributed by atoms with Crippen LogP contribution in [0, 0.1) is 5.92 Å². The fraction of sp³-hybridized carbons (Fsp3) is 0.409. The summed E-state index contributed by atoms with van der Waals surface area (Å²) in [5, 5.41) is 21.3. The highest BCUT2D eigenvalue weighted by molar-refractivity contribution is 5.85. The number of carbonyl (C=O) groups excluding carboxylic acids is 1. The zero-order valence-electron chi connectivity index (χ0n) is 15.4. The molecule has 144 valence electrons. The third kappa shape index (κ3) is 4.15. The van der Waals surface area contributed by atoms with E-state index >= 15 is 0 Å². The van der Waals surface area contributed by atoms with E-state index in [9.17, 15) is 15.0 Å². The fourth-order valence-electron chi connectivity index (χ4n) is 3.88. The zero-order valence-corrected chi connectivity index (χ0v) is 15.4. The van der Waals surface area contributed by atoms with Crippen LogP contribution >= 0.6 is 0 Å². The Morgan fingerprint density at radius 3 is 2.37 bits per heavy atom. The van der Waals surface area contributed by atoms with Gasteiger partial charge in [0.15, 0.2) is 0 Å². The van der Waals surface area contributed by atoms with Gasteiger partial charge in [-0.3, -0.25) is 0 Å². The maximum Gasteiger partial charge on any atom is 0.348 e. The Kier molecular flexibility index (Phi) is 6.14. The second-order valence-corrected chi connectivity index (χ2v) is 7.20. The highest BCUT2D eigenvalue weighted by Gasteiger charge is 2.43. The van der Waals surface area contributed by atoms with Crippen molar-refractivity contribution < 1.29 is 19.7 Å². The first-order valence-corrected chi connectivity index (χ1v) is 9.54. The molecule has 3 rings (SSSR count). The van der Waals surface area contributed by atoms with Crippen LogP contribution < -0.4 is 5.73 Å². The van der Waals surface area contributed by atoms with Crippen molar-refractivity contribution in [3.05, 3.63) is 65.7 Å². The minimum atomic E-state index is -2.01. The summed E-state index contributed by atoms with van der Waals surface area (Å²) in [5.41, 5.74) is 4.54. The molecule has 0 spiro atoms. The summed E-state index contributed by atoms with van der Waals surface area (Å²) in [6.45, 7) is 0.224. The Hall–Kier alpha value is -2.37. The molecule has 0 saturated heterocycles. The Balaban J connectivity index is 1.93. The first-order valence-electron chi connectivity index (χ1n) is 9.54. The number of nitrogens with two attached hydrogens (primary N) is 1. The summed E-state index contributed by atoms with van der Waals surface area (Å²) in [4.78, 5) is 13.2. The largest absolute Gasteiger partial charge is 0.508 e. The maximum atomic E-state index is 13.2. The third-order valence-corrected chi connectivity index (χ3v) is 5.42. The van der Waals surface area contributed by atoms with Crippen LogP contribution in [0.15, 0.2) is 54.6 Å². The number of aromatic hydroxyl groups is 1. The van der Waals surface area contributed by atoms with Gasteiger partial charge < -0.3 is 20.7 Å². The van der Waals surface area contributed by atoms with E-state index in [1.54, 1.807) is 36.4 Å². The van der Waals surface area contributed by atoms with Gasteiger partial charge in [-0.25, -0.2) is 4.79 Å². The molecule has 2 aromatic rings. The number of ether oxygens (including phenoxy) is 1. The van der Waals surface area contributed by atoms with E-state index in [0.717, 1.165) is 25.7 Å². The van der Waals surface area contributed by atoms with E-state index in [4.69, 9.17) is 10.5 Å². The monoisotopic (exact) mass is 369 g/mol. The van der Waals surface area contributed by atoms with E-state index < -0.39 is 17.7 Å². The van der Waals surface area contributed by atoms with Gasteiger partial charge in [-0.2, -0.15) is 0 Å². The van der Waals surface area contributed by atoms with Crippen molar-refractivity contribution in [1.29, 1.82) is 0 Å². The zero-order chi connectivity index (χ0) is 19.3. The molecule has 27 heavy (non-hydrogen) atoms. The van der Waals surface area contributed by atoms with E-state index in [-0.39, 0.29) is 23.8 Å². The molecule has 0 amide bonds. The Labute approximate surface area is 159 Å². The highest BCUT2D eigenvalue weighted by atomic mass is 16.6. The fourth-order valence-corrected chi connectivity index (χ4v) is 3.88. The van der Waals surface area contributed by atoms with Gasteiger partial charge in [-0.05, 0) is 36.5 Å². The first kappa shape index (κ1) is 19.4. The molecule has 2 aromatic carbocycles. The van der Waals surface area contributed by atoms with E-state index in [1.165, 1.54) is 18.6 Å². The molecular weight excluding hydrogens is 342 g/mol. The van der Waals surface area contributed by atoms with Crippen molar-refractivity contribution in [2.45, 2.75) is 43.8 Å². The maximum absolute atomic E-state index is 13.2. The number of hydrogen-bond acceptors (Lipinski definition) is 5. The number of rotatable bonds is 6. The predicted octanol–water partition coefficient (Wildman–Crippen LogP) is 3.08. The normalized spacial score (nSPS) is 18.4. The molecule has 1 aliphatic carbocycles. The Morgan fingerprint density at radius 1 is 1.07 bits per heavy atom. The molecule has 1 fully saturated rings. The topological polar surface area (TPSA) is 92.8 Å². The Morgan fingerprint density at radius 2 is 1.74 bits per heavy atom. The Bertz CT molecular complexity index is 758. The molecule has 1 saturated carbocycles. The van der Waals surface area contributed by atoms with Crippen molar-refractivity contribution in [2.24, 2.45) is 11.7 Å². The van der Waals surface area contributed by atoms with Gasteiger partial charge >= 0.3 is 5.97 Å². The smallest absolute Gasteiger partial charge is 0.348 e. The van der Waals surface area contributed by atoms with Crippen LogP contribution in [0.3, 0.4) is 0 Å². The van der Waals surface area contributed by atoms with Crippen molar-refractivity contribution in [3.63, 3.8) is 0 Å². The van der Waals surface area contributed by atoms with Gasteiger partial charge in [0.25, 0.3) is 0 Å². The van der Waals surface area contributed by atoms with E-state index in [2.05, 4.69) is 0 Å². The lowest BCUT2D eigenvalue weighted by Gasteiger charge is -2.33. The van der Waals surface area contributed by atoms with Crippen LogP contribution in [0.5, 0.6) is 5.75 Å². The number of aliphatic hydroxyl groups is 1. The molecule has 0 aromatic heterocycles. The second kappa shape index (κ2) is 8.55. The number of hydrogen-bond donors (Lipinski definition) is 3. The van der Waals surface area contributed by atoms with Crippen LogP contribution in [-0.2, 0) is 15.1 Å². The number of carbonyl (C=O) groups is 1. The number of phenolic OH excluding ortho intramolecular Hbond substituents is 1. The molecular formula is C22H27NO4. The minimum absolute atomic E-state index is 0.0303. The highest BCUT2D eigenvalue weighted by Crippen LogP contribution is 2.35. The molecule has 5 heteroatoms. The van der Waals surface area contributed by atoms with Crippen LogP contribution in [0.2, 0.25) is 0 Å². The number of phenols is 1. The molecule has 1 aliphatic rings. The van der Waals surface area contributed by atoms with Gasteiger partial charge in [0, 0.05) is 12.1 Å². The van der Waals surface area contributed by atoms with Gasteiger partial charge in [0.05, 0.1) is 0 Å². The van der Waals surface area contributed by atoms with Gasteiger partial charge in [-0.15, -0.1) is 0 Å². The SMILES string of the molecule is NC[C@H](OC(=O)[C@](O)(c1ccccc1)c1cccc(O)c1)C1CCCCC1. The summed E-state index contributed by atoms with van der Waals surface area (Å²) >= 11 is 0. The summed E-state index contributed by atoms with van der Waals surface area (Å²) in [6.07, 6.45) is 4.93. The summed E-state index contributed by atoms with van der Waals surface area (Å²) in [7, 11) is 0. The van der Waals surface area contributed by atoms with Crippen molar-refractivity contribution in [1.82, 2.24) is 0 Å². The van der Waals surface area contributed by atoms with Crippen molar-refractivity contribution in [2.75, 3.05) is 6.54 Å². The minimum Gasteiger partial charge on any atom is -0.508 e. The molecule has 2 atom stereocenters. The lowest BCUT2D eigenvalue weighted by Crippen LogP contribution is -2.44. The third-order valence-electron chi connectivity index (χ3n) is 5.42. The number of esters is 1. The molecule has 4 N–H and O–H groups in total. The number of benzene rings is 2. The molecule has 0 heterocycles. The molecule has 0 unspecified atom stereocenters. The van der Waals surface area contributed by atoms with Crippen LogP contribution in [-0.4, -0.2) is 28.8 Å². The average Bonchev–Trinajstić information content (AvgIpc) is 2.72. The van der Waals surface area contributed by atoms with Crippen LogP contribution in [0.25, 0.3) is 0 Å². The average molecular weight is 369 g/mol. The van der Waals surface area contributed by atoms with Gasteiger partial charge in [0.2, 0.25) is 5.60 Å². The standard InChI is InChI=1S/C22H27NO4/c23-15-20(16-8-3-1-4-9-16)27-21(25)22(26,17-10-5-2-6-11-17)18-12-7-13-19(24)14-18/h2,5-7,10-14,16,20,24,26H,1,3-4,8-9,15,23H2/t20-,22-/m0/s1. The summed E-state index contributed by atoms with van der Waals surface area (Å²) in [6, 6.07) is 14.7. The van der Waals surface area contributed by atoms with E-state index in [0.29, 0.717) is 5.56 Å². The molecule has 5 nitrogen and oxygen atoms in total. The van der Waals surface area contributed by atoms with Gasteiger partial charge in [-0.1, -0.05) is 61.7 Å². The lowest BCUT2D eigenvalue weighted by molar-refractivity contribution is -0.170. The molecule has 0 aliphatic heterocycles.